The number of aliphatic hydroxyl groups excluding tert-OH is 3. The molecule has 0 aliphatic carbocycles. The van der Waals surface area contributed by atoms with Crippen molar-refractivity contribution in [3.63, 3.8) is 0 Å². The number of aliphatic hydroxyl groups is 5. The quantitative estimate of drug-likeness (QED) is 0.239. The first-order chi connectivity index (χ1) is 23.5. The van der Waals surface area contributed by atoms with Gasteiger partial charge in [-0.3, -0.25) is 4.79 Å². The predicted octanol–water partition coefficient (Wildman–Crippen LogP) is 2.99. The van der Waals surface area contributed by atoms with Gasteiger partial charge >= 0.3 is 5.97 Å². The molecule has 3 saturated heterocycles. The second kappa shape index (κ2) is 19.2. The Labute approximate surface area is 324 Å². The van der Waals surface area contributed by atoms with E-state index in [2.05, 4.69) is 0 Å². The Hall–Kier alpha value is -0.386. The third-order valence-corrected chi connectivity index (χ3v) is 12.1. The summed E-state index contributed by atoms with van der Waals surface area (Å²) in [5.41, 5.74) is -4.26. The van der Waals surface area contributed by atoms with Crippen LogP contribution in [0, 0.1) is 23.7 Å². The van der Waals surface area contributed by atoms with E-state index in [-0.39, 0.29) is 61.8 Å². The van der Waals surface area contributed by atoms with Gasteiger partial charge in [0.15, 0.2) is 12.6 Å². The van der Waals surface area contributed by atoms with Crippen LogP contribution in [0.4, 0.5) is 0 Å². The number of rotatable bonds is 7. The molecule has 0 bridgehead atoms. The molecule has 5 N–H and O–H groups in total. The van der Waals surface area contributed by atoms with Gasteiger partial charge in [0.1, 0.15) is 23.9 Å². The molecule has 3 aliphatic rings. The molecule has 3 aliphatic heterocycles. The zero-order chi connectivity index (χ0) is 38.8. The van der Waals surface area contributed by atoms with E-state index in [9.17, 15) is 30.3 Å². The Morgan fingerprint density at radius 1 is 0.904 bits per heavy atom. The summed E-state index contributed by atoms with van der Waals surface area (Å²) in [6.07, 6.45) is -6.67. The fraction of sp³-hybridized carbons (Fsp3) is 0.974. The van der Waals surface area contributed by atoms with Crippen LogP contribution < -0.4 is 0 Å². The number of hydrogen-bond acceptors (Lipinski definition) is 13. The van der Waals surface area contributed by atoms with Crippen LogP contribution in [0.5, 0.6) is 0 Å². The predicted molar refractivity (Wildman–Crippen MR) is 190 cm³/mol. The number of carbonyl (C=O) groups excluding carboxylic acids is 1. The zero-order valence-electron chi connectivity index (χ0n) is 33.9. The summed E-state index contributed by atoms with van der Waals surface area (Å²) >= 11 is 0. The second-order valence-electron chi connectivity index (χ2n) is 17.0. The van der Waals surface area contributed by atoms with Crippen LogP contribution in [0.25, 0.3) is 0 Å². The first kappa shape index (κ1) is 47.8. The number of likely N-dealkylation sites (N-methyl/N-ethyl adjacent to an activating group) is 1. The van der Waals surface area contributed by atoms with Crippen LogP contribution in [0.15, 0.2) is 0 Å². The summed E-state index contributed by atoms with van der Waals surface area (Å²) < 4.78 is 37.5. The van der Waals surface area contributed by atoms with Crippen molar-refractivity contribution in [2.75, 3.05) is 21.2 Å². The van der Waals surface area contributed by atoms with E-state index in [1.807, 2.05) is 46.7 Å². The summed E-state index contributed by atoms with van der Waals surface area (Å²) in [6, 6.07) is -0.261. The van der Waals surface area contributed by atoms with Gasteiger partial charge in [-0.25, -0.2) is 0 Å². The average molecular weight is 785 g/mol. The third kappa shape index (κ3) is 10.9. The first-order valence-electron chi connectivity index (χ1n) is 19.0. The van der Waals surface area contributed by atoms with Crippen LogP contribution in [-0.4, -0.2) is 142 Å². The van der Waals surface area contributed by atoms with Gasteiger partial charge in [-0.2, -0.15) is 0 Å². The minimum Gasteiger partial charge on any atom is -0.459 e. The number of cyclic esters (lactones) is 1. The molecule has 52 heavy (non-hydrogen) atoms. The molecule has 0 aromatic rings. The number of ether oxygens (including phenoxy) is 6. The van der Waals surface area contributed by atoms with Crippen LogP contribution in [-0.2, 0) is 51.8 Å². The van der Waals surface area contributed by atoms with Gasteiger partial charge in [0.05, 0.1) is 47.6 Å². The molecule has 3 fully saturated rings. The number of carbonyl (C=O) groups is 1. The van der Waals surface area contributed by atoms with E-state index >= 15 is 0 Å². The normalized spacial score (nSPS) is 49.0. The van der Waals surface area contributed by atoms with Crippen molar-refractivity contribution in [2.45, 2.75) is 192 Å². The molecule has 1 radical (unpaired) electrons. The maximum absolute atomic E-state index is 14.1. The molecule has 17 unspecified atom stereocenters. The summed E-state index contributed by atoms with van der Waals surface area (Å²) in [5.74, 6) is -2.77. The molecule has 0 saturated carbocycles. The van der Waals surface area contributed by atoms with Crippen LogP contribution in [0.1, 0.15) is 108 Å². The Balaban J connectivity index is 0.00000936. The van der Waals surface area contributed by atoms with Gasteiger partial charge in [-0.05, 0) is 93.2 Å². The van der Waals surface area contributed by atoms with Crippen molar-refractivity contribution < 1.29 is 77.3 Å². The second-order valence-corrected chi connectivity index (χ2v) is 17.0. The van der Waals surface area contributed by atoms with Gasteiger partial charge in [0.2, 0.25) is 0 Å². The standard InChI is InChI=1S/C38H71NO12.V/c1-14-27-38(10,45)31(41)21(3)16-15-20(2)18-36(8,44)33(51-35-29(40)26(39(11)12)17-22(4)47-35)23(5)30(24(6)34(43)49-27)50-28-19-37(9,46-13)32(42)25(7)48-28;/h20-33,35,40-42,44-45H,14-19H2,1-13H3;/t20?,21?,22?,23?,24?,25?,26?,27-,28?,29?,30?,31?,32?,33?,35?,36?,37?,38?;/m1./s1. The Kier molecular flexibility index (Phi) is 17.6. The molecular weight excluding hydrogens is 713 g/mol. The minimum atomic E-state index is -1.74. The molecule has 18 atom stereocenters. The third-order valence-electron chi connectivity index (χ3n) is 12.1. The fourth-order valence-corrected chi connectivity index (χ4v) is 8.67. The molecular formula is C38H71NO12V. The van der Waals surface area contributed by atoms with E-state index < -0.39 is 89.9 Å². The first-order valence-corrected chi connectivity index (χ1v) is 19.0. The largest absolute Gasteiger partial charge is 0.459 e. The number of esters is 1. The summed E-state index contributed by atoms with van der Waals surface area (Å²) in [4.78, 5) is 16.1. The van der Waals surface area contributed by atoms with Crippen molar-refractivity contribution in [1.29, 1.82) is 0 Å². The van der Waals surface area contributed by atoms with E-state index in [0.29, 0.717) is 19.3 Å². The molecule has 13 nitrogen and oxygen atoms in total. The smallest absolute Gasteiger partial charge is 0.311 e. The van der Waals surface area contributed by atoms with Gasteiger partial charge in [0, 0.05) is 44.0 Å². The summed E-state index contributed by atoms with van der Waals surface area (Å²) in [6.45, 7) is 17.7. The maximum atomic E-state index is 14.1. The molecule has 0 spiro atoms. The van der Waals surface area contributed by atoms with Crippen molar-refractivity contribution in [2.24, 2.45) is 23.7 Å². The van der Waals surface area contributed by atoms with Gasteiger partial charge in [0.25, 0.3) is 0 Å². The SMILES string of the molecule is CC[C@H]1OC(=O)C(C)C(OC2CC(C)(OC)C(O)C(C)O2)C(C)C(OC2OC(C)CC(N(C)C)C2O)C(C)(O)CC(C)CCC(C)C(O)C1(C)O.[V]. The van der Waals surface area contributed by atoms with Gasteiger partial charge in [-0.15, -0.1) is 0 Å². The number of hydrogen-bond donors (Lipinski definition) is 5. The Morgan fingerprint density at radius 2 is 1.52 bits per heavy atom. The molecule has 0 aromatic heterocycles. The molecule has 3 heterocycles. The van der Waals surface area contributed by atoms with Crippen molar-refractivity contribution in [3.05, 3.63) is 0 Å². The average Bonchev–Trinajstić information content (AvgIpc) is 3.05. The molecule has 0 aromatic carbocycles. The van der Waals surface area contributed by atoms with E-state index in [1.54, 1.807) is 34.6 Å². The van der Waals surface area contributed by atoms with Crippen LogP contribution >= 0.6 is 0 Å². The Bertz CT molecular complexity index is 1110. The molecule has 3 rings (SSSR count). The summed E-state index contributed by atoms with van der Waals surface area (Å²) in [7, 11) is 5.29. The van der Waals surface area contributed by atoms with E-state index in [0.717, 1.165) is 0 Å². The number of methoxy groups -OCH3 is 1. The van der Waals surface area contributed by atoms with E-state index in [1.165, 1.54) is 14.0 Å². The van der Waals surface area contributed by atoms with Crippen molar-refractivity contribution in [1.82, 2.24) is 4.90 Å². The monoisotopic (exact) mass is 784 g/mol. The molecule has 14 heteroatoms. The topological polar surface area (TPSA) is 177 Å². The van der Waals surface area contributed by atoms with Crippen LogP contribution in [0.3, 0.4) is 0 Å². The summed E-state index contributed by atoms with van der Waals surface area (Å²) in [5, 5.41) is 57.8. The fourth-order valence-electron chi connectivity index (χ4n) is 8.67. The minimum absolute atomic E-state index is 0. The zero-order valence-corrected chi connectivity index (χ0v) is 35.3. The van der Waals surface area contributed by atoms with E-state index in [4.69, 9.17) is 28.4 Å². The van der Waals surface area contributed by atoms with Crippen molar-refractivity contribution >= 4 is 5.97 Å². The Morgan fingerprint density at radius 3 is 2.08 bits per heavy atom. The number of nitrogens with zero attached hydrogens (tertiary/aromatic N) is 1. The van der Waals surface area contributed by atoms with Gasteiger partial charge < -0.3 is 58.9 Å². The van der Waals surface area contributed by atoms with Gasteiger partial charge in [-0.1, -0.05) is 34.1 Å². The van der Waals surface area contributed by atoms with Crippen LogP contribution in [0.2, 0.25) is 0 Å². The molecule has 0 amide bonds. The van der Waals surface area contributed by atoms with Crippen molar-refractivity contribution in [3.8, 4) is 0 Å². The maximum Gasteiger partial charge on any atom is 0.311 e. The molecule has 305 valence electrons.